The van der Waals surface area contributed by atoms with Gasteiger partial charge < -0.3 is 20.2 Å². The van der Waals surface area contributed by atoms with Crippen molar-refractivity contribution in [3.8, 4) is 11.3 Å². The molecule has 0 aromatic carbocycles. The van der Waals surface area contributed by atoms with Crippen LogP contribution in [0.1, 0.15) is 63.3 Å². The van der Waals surface area contributed by atoms with Gasteiger partial charge in [0.25, 0.3) is 0 Å². The lowest BCUT2D eigenvalue weighted by molar-refractivity contribution is 0.217. The molecular weight excluding hydrogens is 450 g/mol. The van der Waals surface area contributed by atoms with Crippen LogP contribution in [0.15, 0.2) is 16.5 Å². The molecule has 1 saturated carbocycles. The number of hydrogen-bond donors (Lipinski definition) is 3. The molecule has 4 rings (SSSR count). The summed E-state index contributed by atoms with van der Waals surface area (Å²) < 4.78 is 6.20. The van der Waals surface area contributed by atoms with Gasteiger partial charge in [0.15, 0.2) is 5.58 Å². The number of aliphatic hydroxyl groups excluding tert-OH is 1. The first kappa shape index (κ1) is 24.7. The molecule has 3 heterocycles. The highest BCUT2D eigenvalue weighted by Gasteiger charge is 2.21. The summed E-state index contributed by atoms with van der Waals surface area (Å²) in [5.74, 6) is 2.68. The lowest BCUT2D eigenvalue weighted by Crippen LogP contribution is -2.19. The zero-order valence-corrected chi connectivity index (χ0v) is 21.2. The van der Waals surface area contributed by atoms with Crippen LogP contribution in [0.2, 0.25) is 5.15 Å². The molecule has 0 aliphatic heterocycles. The first-order valence-corrected chi connectivity index (χ1v) is 12.9. The summed E-state index contributed by atoms with van der Waals surface area (Å²) in [6.45, 7) is 7.71. The molecule has 1 aliphatic carbocycles. The van der Waals surface area contributed by atoms with Crippen LogP contribution in [0.4, 0.5) is 11.8 Å². The highest BCUT2D eigenvalue weighted by molar-refractivity contribution is 6.32. The monoisotopic (exact) mass is 485 g/mol. The van der Waals surface area contributed by atoms with Crippen LogP contribution in [0.5, 0.6) is 0 Å². The fourth-order valence-electron chi connectivity index (χ4n) is 4.80. The summed E-state index contributed by atoms with van der Waals surface area (Å²) in [7, 11) is 0. The first-order valence-electron chi connectivity index (χ1n) is 12.5. The van der Waals surface area contributed by atoms with Crippen molar-refractivity contribution in [3.05, 3.63) is 28.7 Å². The molecule has 0 spiro atoms. The fourth-order valence-corrected chi connectivity index (χ4v) is 5.06. The highest BCUT2D eigenvalue weighted by atomic mass is 35.5. The van der Waals surface area contributed by atoms with Crippen molar-refractivity contribution in [3.63, 3.8) is 0 Å². The van der Waals surface area contributed by atoms with E-state index in [1.165, 1.54) is 32.1 Å². The van der Waals surface area contributed by atoms with Gasteiger partial charge in [-0.25, -0.2) is 4.98 Å². The number of hydrogen-bond acceptors (Lipinski definition) is 7. The lowest BCUT2D eigenvalue weighted by Gasteiger charge is -2.22. The largest absolute Gasteiger partial charge is 0.454 e. The van der Waals surface area contributed by atoms with Crippen LogP contribution in [0, 0.1) is 25.7 Å². The van der Waals surface area contributed by atoms with Gasteiger partial charge in [0.1, 0.15) is 16.7 Å². The minimum absolute atomic E-state index is 0.180. The molecule has 34 heavy (non-hydrogen) atoms. The minimum Gasteiger partial charge on any atom is -0.454 e. The predicted molar refractivity (Wildman–Crippen MR) is 139 cm³/mol. The van der Waals surface area contributed by atoms with Crippen LogP contribution in [0.3, 0.4) is 0 Å². The van der Waals surface area contributed by atoms with E-state index >= 15 is 0 Å². The summed E-state index contributed by atoms with van der Waals surface area (Å²) in [6.07, 6.45) is 8.18. The quantitative estimate of drug-likeness (QED) is 0.287. The number of nitrogens with one attached hydrogen (secondary N) is 2. The standard InChI is InChI=1S/C26H36ClN5O2/c1-4-18(15-33)10-11-28-25-22(21-13-20-12-16(2)30-17(3)23(20)34-21)24(27)31-26(32-25)29-14-19-8-6-5-7-9-19/h12-13,18-19,33H,4-11,14-15H2,1-3H3,(H2,28,29,31,32)/t18-/m0/s1. The Bertz CT molecular complexity index is 1110. The van der Waals surface area contributed by atoms with Crippen LogP contribution in [-0.2, 0) is 0 Å². The second kappa shape index (κ2) is 11.4. The zero-order valence-electron chi connectivity index (χ0n) is 20.5. The number of fused-ring (bicyclic) bond motifs is 1. The second-order valence-electron chi connectivity index (χ2n) is 9.50. The van der Waals surface area contributed by atoms with Gasteiger partial charge in [-0.1, -0.05) is 44.2 Å². The van der Waals surface area contributed by atoms with E-state index in [1.807, 2.05) is 26.0 Å². The van der Waals surface area contributed by atoms with E-state index in [-0.39, 0.29) is 12.5 Å². The lowest BCUT2D eigenvalue weighted by atomic mass is 9.89. The number of anilines is 2. The topological polar surface area (TPSA) is 96.1 Å². The van der Waals surface area contributed by atoms with Gasteiger partial charge >= 0.3 is 0 Å². The molecule has 0 radical (unpaired) electrons. The van der Waals surface area contributed by atoms with E-state index in [4.69, 9.17) is 21.0 Å². The Balaban J connectivity index is 1.64. The second-order valence-corrected chi connectivity index (χ2v) is 9.85. The Labute approximate surface area is 206 Å². The number of furan rings is 1. The number of aliphatic hydroxyl groups is 1. The van der Waals surface area contributed by atoms with Crippen molar-refractivity contribution in [2.24, 2.45) is 11.8 Å². The van der Waals surface area contributed by atoms with Gasteiger partial charge in [0.2, 0.25) is 5.95 Å². The number of halogens is 1. The van der Waals surface area contributed by atoms with Crippen molar-refractivity contribution < 1.29 is 9.52 Å². The van der Waals surface area contributed by atoms with Gasteiger partial charge in [-0.05, 0) is 57.1 Å². The van der Waals surface area contributed by atoms with Crippen molar-refractivity contribution >= 4 is 34.3 Å². The average molecular weight is 486 g/mol. The number of rotatable bonds is 10. The molecule has 0 saturated heterocycles. The molecule has 8 heteroatoms. The molecule has 7 nitrogen and oxygen atoms in total. The molecule has 1 aliphatic rings. The summed E-state index contributed by atoms with van der Waals surface area (Å²) in [6, 6.07) is 3.98. The average Bonchev–Trinajstić information content (AvgIpc) is 3.25. The summed E-state index contributed by atoms with van der Waals surface area (Å²) in [4.78, 5) is 13.9. The van der Waals surface area contributed by atoms with Crippen molar-refractivity contribution in [2.75, 3.05) is 30.3 Å². The van der Waals surface area contributed by atoms with Crippen LogP contribution in [0.25, 0.3) is 22.3 Å². The Hall–Kier alpha value is -2.38. The Kier molecular flexibility index (Phi) is 8.27. The van der Waals surface area contributed by atoms with Crippen molar-refractivity contribution in [1.29, 1.82) is 0 Å². The van der Waals surface area contributed by atoms with Crippen molar-refractivity contribution in [1.82, 2.24) is 15.0 Å². The Morgan fingerprint density at radius 1 is 1.12 bits per heavy atom. The van der Waals surface area contributed by atoms with E-state index in [0.717, 1.165) is 41.7 Å². The van der Waals surface area contributed by atoms with E-state index in [2.05, 4.69) is 27.5 Å². The smallest absolute Gasteiger partial charge is 0.226 e. The maximum absolute atomic E-state index is 9.56. The van der Waals surface area contributed by atoms with Gasteiger partial charge in [-0.3, -0.25) is 4.98 Å². The molecule has 184 valence electrons. The molecule has 3 N–H and O–H groups in total. The van der Waals surface area contributed by atoms with E-state index in [1.54, 1.807) is 0 Å². The van der Waals surface area contributed by atoms with Crippen LogP contribution in [-0.4, -0.2) is 39.8 Å². The van der Waals surface area contributed by atoms with Crippen molar-refractivity contribution in [2.45, 2.75) is 65.7 Å². The molecule has 0 amide bonds. The third-order valence-electron chi connectivity index (χ3n) is 6.86. The molecule has 3 aromatic rings. The zero-order chi connectivity index (χ0) is 24.1. The molecular formula is C26H36ClN5O2. The molecule has 3 aromatic heterocycles. The van der Waals surface area contributed by atoms with Gasteiger partial charge in [-0.15, -0.1) is 0 Å². The molecule has 0 bridgehead atoms. The van der Waals surface area contributed by atoms with Gasteiger partial charge in [0.05, 0.1) is 11.3 Å². The number of aromatic nitrogens is 3. The van der Waals surface area contributed by atoms with E-state index in [0.29, 0.717) is 40.7 Å². The van der Waals surface area contributed by atoms with Gasteiger partial charge in [-0.2, -0.15) is 4.98 Å². The number of nitrogens with zero attached hydrogens (tertiary/aromatic N) is 3. The van der Waals surface area contributed by atoms with Crippen LogP contribution < -0.4 is 10.6 Å². The first-order chi connectivity index (χ1) is 16.5. The third kappa shape index (κ3) is 5.81. The van der Waals surface area contributed by atoms with E-state index < -0.39 is 0 Å². The third-order valence-corrected chi connectivity index (χ3v) is 7.14. The highest BCUT2D eigenvalue weighted by Crippen LogP contribution is 2.38. The summed E-state index contributed by atoms with van der Waals surface area (Å²) in [5.41, 5.74) is 3.17. The number of aryl methyl sites for hydroxylation is 2. The molecule has 1 atom stereocenters. The van der Waals surface area contributed by atoms with E-state index in [9.17, 15) is 5.11 Å². The Morgan fingerprint density at radius 3 is 2.65 bits per heavy atom. The predicted octanol–water partition coefficient (Wildman–Crippen LogP) is 6.37. The maximum atomic E-state index is 9.56. The minimum atomic E-state index is 0.180. The molecule has 1 fully saturated rings. The normalized spacial score (nSPS) is 15.6. The van der Waals surface area contributed by atoms with Gasteiger partial charge in [0, 0.05) is 30.8 Å². The fraction of sp³-hybridized carbons (Fsp3) is 0.577. The van der Waals surface area contributed by atoms with Crippen LogP contribution >= 0.6 is 11.6 Å². The number of pyridine rings is 1. The summed E-state index contributed by atoms with van der Waals surface area (Å²) >= 11 is 6.74. The molecule has 0 unspecified atom stereocenters. The Morgan fingerprint density at radius 2 is 1.91 bits per heavy atom. The summed E-state index contributed by atoms with van der Waals surface area (Å²) in [5, 5.41) is 17.7. The SMILES string of the molecule is CC[C@H](CO)CCNc1nc(NCC2CCCCC2)nc(Cl)c1-c1cc2cc(C)nc(C)c2o1. The maximum Gasteiger partial charge on any atom is 0.226 e.